The number of nitrogens with zero attached hydrogens (tertiary/aromatic N) is 8. The number of piperazine rings is 1. The van der Waals surface area contributed by atoms with Crippen molar-refractivity contribution in [2.45, 2.75) is 13.3 Å². The van der Waals surface area contributed by atoms with Crippen LogP contribution in [0.1, 0.15) is 12.5 Å². The van der Waals surface area contributed by atoms with Crippen LogP contribution in [0.2, 0.25) is 0 Å². The van der Waals surface area contributed by atoms with E-state index in [0.29, 0.717) is 49.8 Å². The number of aromatic nitrogens is 5. The smallest absolute Gasteiger partial charge is 0.269 e. The number of nitro groups is 1. The fourth-order valence-electron chi connectivity index (χ4n) is 4.18. The van der Waals surface area contributed by atoms with E-state index < -0.39 is 4.92 Å². The number of hydrogen-bond acceptors (Lipinski definition) is 9. The predicted octanol–water partition coefficient (Wildman–Crippen LogP) is 2.41. The van der Waals surface area contributed by atoms with E-state index in [2.05, 4.69) is 25.2 Å². The van der Waals surface area contributed by atoms with Gasteiger partial charge in [-0.2, -0.15) is 4.68 Å². The van der Waals surface area contributed by atoms with Gasteiger partial charge in [-0.25, -0.2) is 9.97 Å². The van der Waals surface area contributed by atoms with Gasteiger partial charge < -0.3 is 14.5 Å². The molecule has 0 N–H and O–H groups in total. The van der Waals surface area contributed by atoms with Crippen LogP contribution in [-0.2, 0) is 11.2 Å². The number of fused-ring (bicyclic) bond motifs is 1. The number of rotatable bonds is 7. The van der Waals surface area contributed by atoms with Crippen molar-refractivity contribution in [3.8, 4) is 11.4 Å². The Morgan fingerprint density at radius 2 is 1.75 bits per heavy atom. The molecule has 0 spiro atoms. The molecular weight excluding hydrogens is 464 g/mol. The SMILES string of the molecule is CCOc1ccc(-n2nnc3c(N4CCN(C(=O)Cc5ccc([N+](=O)[O-])cc5)CC4)ncnc32)cc1. The molecule has 1 amide bonds. The summed E-state index contributed by atoms with van der Waals surface area (Å²) in [6, 6.07) is 13.6. The average Bonchev–Trinajstić information content (AvgIpc) is 3.34. The first-order valence-corrected chi connectivity index (χ1v) is 11.6. The summed E-state index contributed by atoms with van der Waals surface area (Å²) in [5, 5.41) is 19.5. The van der Waals surface area contributed by atoms with Gasteiger partial charge in [-0.1, -0.05) is 17.3 Å². The molecule has 12 heteroatoms. The molecule has 4 aromatic rings. The molecule has 0 unspecified atom stereocenters. The molecule has 1 aliphatic rings. The summed E-state index contributed by atoms with van der Waals surface area (Å²) in [5.74, 6) is 1.44. The van der Waals surface area contributed by atoms with Crippen molar-refractivity contribution in [1.82, 2.24) is 29.9 Å². The van der Waals surface area contributed by atoms with Gasteiger partial charge in [-0.05, 0) is 36.8 Å². The molecule has 0 aliphatic carbocycles. The van der Waals surface area contributed by atoms with Gasteiger partial charge in [0.1, 0.15) is 12.1 Å². The van der Waals surface area contributed by atoms with Crippen molar-refractivity contribution in [2.24, 2.45) is 0 Å². The molecule has 2 aromatic heterocycles. The molecule has 3 heterocycles. The first kappa shape index (κ1) is 23.1. The lowest BCUT2D eigenvalue weighted by molar-refractivity contribution is -0.384. The van der Waals surface area contributed by atoms with Crippen LogP contribution in [0.15, 0.2) is 54.9 Å². The number of carbonyl (C=O) groups excluding carboxylic acids is 1. The van der Waals surface area contributed by atoms with Gasteiger partial charge in [0.15, 0.2) is 17.0 Å². The Hall–Kier alpha value is -4.61. The maximum absolute atomic E-state index is 12.8. The predicted molar refractivity (Wildman–Crippen MR) is 131 cm³/mol. The minimum absolute atomic E-state index is 0.00966. The summed E-state index contributed by atoms with van der Waals surface area (Å²) >= 11 is 0. The number of hydrogen-bond donors (Lipinski definition) is 0. The van der Waals surface area contributed by atoms with Crippen molar-refractivity contribution in [1.29, 1.82) is 0 Å². The van der Waals surface area contributed by atoms with Crippen LogP contribution in [0.25, 0.3) is 16.9 Å². The van der Waals surface area contributed by atoms with E-state index in [1.165, 1.54) is 18.5 Å². The maximum Gasteiger partial charge on any atom is 0.269 e. The molecule has 1 saturated heterocycles. The minimum atomic E-state index is -0.453. The fourth-order valence-corrected chi connectivity index (χ4v) is 4.18. The molecule has 0 bridgehead atoms. The van der Waals surface area contributed by atoms with Crippen molar-refractivity contribution in [3.63, 3.8) is 0 Å². The summed E-state index contributed by atoms with van der Waals surface area (Å²) in [5.41, 5.74) is 2.76. The average molecular weight is 489 g/mol. The third kappa shape index (κ3) is 4.65. The highest BCUT2D eigenvalue weighted by atomic mass is 16.6. The molecule has 12 nitrogen and oxygen atoms in total. The Balaban J connectivity index is 1.26. The van der Waals surface area contributed by atoms with E-state index in [4.69, 9.17) is 4.74 Å². The van der Waals surface area contributed by atoms with Crippen LogP contribution in [0.4, 0.5) is 11.5 Å². The van der Waals surface area contributed by atoms with Crippen molar-refractivity contribution < 1.29 is 14.5 Å². The lowest BCUT2D eigenvalue weighted by Crippen LogP contribution is -2.49. The Bertz CT molecular complexity index is 1380. The molecule has 1 aliphatic heterocycles. The van der Waals surface area contributed by atoms with Gasteiger partial charge in [0.25, 0.3) is 5.69 Å². The van der Waals surface area contributed by atoms with Gasteiger partial charge in [0.05, 0.1) is 23.6 Å². The number of benzene rings is 2. The summed E-state index contributed by atoms with van der Waals surface area (Å²) in [7, 11) is 0. The molecule has 0 saturated carbocycles. The van der Waals surface area contributed by atoms with Gasteiger partial charge in [0, 0.05) is 38.3 Å². The standard InChI is InChI=1S/C24H24N8O4/c1-2-36-20-9-7-18(8-10-20)31-24-22(27-28-31)23(25-16-26-24)30-13-11-29(12-14-30)21(33)15-17-3-5-19(6-4-17)32(34)35/h3-10,16H,2,11-15H2,1H3. The highest BCUT2D eigenvalue weighted by Crippen LogP contribution is 2.24. The number of amides is 1. The number of ether oxygens (including phenoxy) is 1. The number of carbonyl (C=O) groups is 1. The van der Waals surface area contributed by atoms with E-state index in [-0.39, 0.29) is 18.0 Å². The molecule has 184 valence electrons. The highest BCUT2D eigenvalue weighted by molar-refractivity contribution is 5.84. The lowest BCUT2D eigenvalue weighted by Gasteiger charge is -2.35. The molecular formula is C24H24N8O4. The Kier molecular flexibility index (Phi) is 6.39. The quantitative estimate of drug-likeness (QED) is 0.284. The van der Waals surface area contributed by atoms with Crippen molar-refractivity contribution in [3.05, 3.63) is 70.5 Å². The number of non-ortho nitro benzene ring substituents is 1. The first-order valence-electron chi connectivity index (χ1n) is 11.6. The zero-order chi connectivity index (χ0) is 25.1. The monoisotopic (exact) mass is 488 g/mol. The Morgan fingerprint density at radius 3 is 2.42 bits per heavy atom. The third-order valence-corrected chi connectivity index (χ3v) is 6.05. The van der Waals surface area contributed by atoms with Gasteiger partial charge in [-0.3, -0.25) is 14.9 Å². The van der Waals surface area contributed by atoms with Crippen LogP contribution in [-0.4, -0.2) is 73.5 Å². The normalized spacial score (nSPS) is 13.7. The molecule has 2 aromatic carbocycles. The van der Waals surface area contributed by atoms with Crippen LogP contribution < -0.4 is 9.64 Å². The topological polar surface area (TPSA) is 132 Å². The second-order valence-corrected chi connectivity index (χ2v) is 8.27. The molecule has 0 atom stereocenters. The third-order valence-electron chi connectivity index (χ3n) is 6.05. The minimum Gasteiger partial charge on any atom is -0.494 e. The summed E-state index contributed by atoms with van der Waals surface area (Å²) in [4.78, 5) is 35.9. The van der Waals surface area contributed by atoms with E-state index in [1.54, 1.807) is 21.7 Å². The van der Waals surface area contributed by atoms with Crippen LogP contribution in [0.5, 0.6) is 5.75 Å². The fraction of sp³-hybridized carbons (Fsp3) is 0.292. The van der Waals surface area contributed by atoms with E-state index >= 15 is 0 Å². The van der Waals surface area contributed by atoms with E-state index in [0.717, 1.165) is 17.0 Å². The number of nitro benzene ring substituents is 1. The summed E-state index contributed by atoms with van der Waals surface area (Å²) in [6.45, 7) is 4.78. The zero-order valence-corrected chi connectivity index (χ0v) is 19.6. The summed E-state index contributed by atoms with van der Waals surface area (Å²) < 4.78 is 7.17. The number of anilines is 1. The zero-order valence-electron chi connectivity index (χ0n) is 19.6. The maximum atomic E-state index is 12.8. The van der Waals surface area contributed by atoms with Crippen molar-refractivity contribution >= 4 is 28.6 Å². The highest BCUT2D eigenvalue weighted by Gasteiger charge is 2.25. The van der Waals surface area contributed by atoms with Crippen LogP contribution >= 0.6 is 0 Å². The van der Waals surface area contributed by atoms with Gasteiger partial charge in [-0.15, -0.1) is 5.10 Å². The van der Waals surface area contributed by atoms with Crippen molar-refractivity contribution in [2.75, 3.05) is 37.7 Å². The second kappa shape index (κ2) is 9.94. The van der Waals surface area contributed by atoms with Gasteiger partial charge in [0.2, 0.25) is 5.91 Å². The first-order chi connectivity index (χ1) is 17.5. The van der Waals surface area contributed by atoms with Gasteiger partial charge >= 0.3 is 0 Å². The Labute approximate surface area is 206 Å². The second-order valence-electron chi connectivity index (χ2n) is 8.27. The molecule has 36 heavy (non-hydrogen) atoms. The van der Waals surface area contributed by atoms with Crippen LogP contribution in [0.3, 0.4) is 0 Å². The molecule has 5 rings (SSSR count). The van der Waals surface area contributed by atoms with Crippen LogP contribution in [0, 0.1) is 10.1 Å². The molecule has 1 fully saturated rings. The largest absolute Gasteiger partial charge is 0.494 e. The lowest BCUT2D eigenvalue weighted by atomic mass is 10.1. The Morgan fingerprint density at radius 1 is 1.03 bits per heavy atom. The van der Waals surface area contributed by atoms with E-state index in [9.17, 15) is 14.9 Å². The van der Waals surface area contributed by atoms with E-state index in [1.807, 2.05) is 31.2 Å². The summed E-state index contributed by atoms with van der Waals surface area (Å²) in [6.07, 6.45) is 1.70. The molecule has 0 radical (unpaired) electrons.